The summed E-state index contributed by atoms with van der Waals surface area (Å²) in [6.45, 7) is 3.60. The SMILES string of the molecule is CCNCc1nnc(NC2CCC2)o1. The molecule has 0 aromatic carbocycles. The number of hydrogen-bond donors (Lipinski definition) is 2. The summed E-state index contributed by atoms with van der Waals surface area (Å²) >= 11 is 0. The Morgan fingerprint density at radius 2 is 2.29 bits per heavy atom. The summed E-state index contributed by atoms with van der Waals surface area (Å²) in [4.78, 5) is 0. The average molecular weight is 196 g/mol. The molecule has 0 aliphatic heterocycles. The molecule has 0 atom stereocenters. The lowest BCUT2D eigenvalue weighted by Crippen LogP contribution is -2.27. The maximum absolute atomic E-state index is 5.40. The quantitative estimate of drug-likeness (QED) is 0.739. The molecule has 1 aliphatic carbocycles. The molecule has 0 unspecified atom stereocenters. The molecule has 0 saturated heterocycles. The van der Waals surface area contributed by atoms with Crippen molar-refractivity contribution in [1.29, 1.82) is 0 Å². The van der Waals surface area contributed by atoms with Crippen molar-refractivity contribution in [1.82, 2.24) is 15.5 Å². The Morgan fingerprint density at radius 1 is 1.43 bits per heavy atom. The van der Waals surface area contributed by atoms with Crippen molar-refractivity contribution in [3.05, 3.63) is 5.89 Å². The molecule has 5 nitrogen and oxygen atoms in total. The van der Waals surface area contributed by atoms with Gasteiger partial charge in [0, 0.05) is 6.04 Å². The lowest BCUT2D eigenvalue weighted by molar-refractivity contribution is 0.419. The second kappa shape index (κ2) is 4.41. The van der Waals surface area contributed by atoms with Gasteiger partial charge < -0.3 is 15.1 Å². The van der Waals surface area contributed by atoms with Crippen LogP contribution in [0.15, 0.2) is 4.42 Å². The zero-order chi connectivity index (χ0) is 9.80. The molecule has 14 heavy (non-hydrogen) atoms. The Morgan fingerprint density at radius 3 is 2.93 bits per heavy atom. The average Bonchev–Trinajstić information content (AvgIpc) is 2.56. The fourth-order valence-corrected chi connectivity index (χ4v) is 1.34. The Labute approximate surface area is 83.3 Å². The topological polar surface area (TPSA) is 63.0 Å². The number of aromatic nitrogens is 2. The molecule has 1 saturated carbocycles. The van der Waals surface area contributed by atoms with E-state index >= 15 is 0 Å². The molecular formula is C9H16N4O. The zero-order valence-electron chi connectivity index (χ0n) is 8.42. The van der Waals surface area contributed by atoms with Crippen LogP contribution in [0.25, 0.3) is 0 Å². The van der Waals surface area contributed by atoms with E-state index in [0.29, 0.717) is 24.5 Å². The van der Waals surface area contributed by atoms with Crippen LogP contribution in [0.3, 0.4) is 0 Å². The summed E-state index contributed by atoms with van der Waals surface area (Å²) in [6, 6.07) is 1.10. The van der Waals surface area contributed by atoms with Crippen molar-refractivity contribution in [2.45, 2.75) is 38.8 Å². The third-order valence-electron chi connectivity index (χ3n) is 2.43. The van der Waals surface area contributed by atoms with Crippen LogP contribution in [0.1, 0.15) is 32.1 Å². The summed E-state index contributed by atoms with van der Waals surface area (Å²) in [5.41, 5.74) is 0. The lowest BCUT2D eigenvalue weighted by Gasteiger charge is -2.24. The number of nitrogens with zero attached hydrogens (tertiary/aromatic N) is 2. The molecule has 1 aromatic rings. The summed E-state index contributed by atoms with van der Waals surface area (Å²) in [7, 11) is 0. The summed E-state index contributed by atoms with van der Waals surface area (Å²) < 4.78 is 5.40. The predicted octanol–water partition coefficient (Wildman–Crippen LogP) is 1.14. The van der Waals surface area contributed by atoms with Gasteiger partial charge in [-0.25, -0.2) is 0 Å². The number of hydrogen-bond acceptors (Lipinski definition) is 5. The highest BCUT2D eigenvalue weighted by Crippen LogP contribution is 2.22. The summed E-state index contributed by atoms with van der Waals surface area (Å²) in [6.07, 6.45) is 3.73. The first-order chi connectivity index (χ1) is 6.88. The number of rotatable bonds is 5. The van der Waals surface area contributed by atoms with Crippen molar-refractivity contribution >= 4 is 6.01 Å². The highest BCUT2D eigenvalue weighted by atomic mass is 16.4. The van der Waals surface area contributed by atoms with E-state index < -0.39 is 0 Å². The van der Waals surface area contributed by atoms with Crippen LogP contribution in [0.5, 0.6) is 0 Å². The zero-order valence-corrected chi connectivity index (χ0v) is 8.42. The van der Waals surface area contributed by atoms with Gasteiger partial charge >= 0.3 is 6.01 Å². The molecule has 1 aromatic heterocycles. The molecule has 1 fully saturated rings. The highest BCUT2D eigenvalue weighted by molar-refractivity contribution is 5.20. The van der Waals surface area contributed by atoms with Gasteiger partial charge in [0.1, 0.15) is 0 Å². The van der Waals surface area contributed by atoms with Gasteiger partial charge in [0.2, 0.25) is 5.89 Å². The molecule has 1 aliphatic rings. The fraction of sp³-hybridized carbons (Fsp3) is 0.778. The Hall–Kier alpha value is -1.10. The third-order valence-corrected chi connectivity index (χ3v) is 2.43. The highest BCUT2D eigenvalue weighted by Gasteiger charge is 2.19. The van der Waals surface area contributed by atoms with E-state index in [2.05, 4.69) is 20.8 Å². The molecule has 0 bridgehead atoms. The monoisotopic (exact) mass is 196 g/mol. The number of nitrogens with one attached hydrogen (secondary N) is 2. The molecular weight excluding hydrogens is 180 g/mol. The van der Waals surface area contributed by atoms with Crippen LogP contribution in [0.2, 0.25) is 0 Å². The van der Waals surface area contributed by atoms with E-state index in [0.717, 1.165) is 6.54 Å². The van der Waals surface area contributed by atoms with E-state index in [1.165, 1.54) is 19.3 Å². The first-order valence-electron chi connectivity index (χ1n) is 5.18. The molecule has 0 radical (unpaired) electrons. The van der Waals surface area contributed by atoms with E-state index in [9.17, 15) is 0 Å². The predicted molar refractivity (Wildman–Crippen MR) is 52.9 cm³/mol. The Balaban J connectivity index is 1.82. The van der Waals surface area contributed by atoms with Gasteiger partial charge in [0.05, 0.1) is 6.54 Å². The van der Waals surface area contributed by atoms with Crippen molar-refractivity contribution < 1.29 is 4.42 Å². The maximum atomic E-state index is 5.40. The van der Waals surface area contributed by atoms with Crippen LogP contribution in [-0.2, 0) is 6.54 Å². The lowest BCUT2D eigenvalue weighted by atomic mass is 9.93. The largest absolute Gasteiger partial charge is 0.407 e. The van der Waals surface area contributed by atoms with Gasteiger partial charge in [0.15, 0.2) is 0 Å². The molecule has 78 valence electrons. The smallest absolute Gasteiger partial charge is 0.315 e. The van der Waals surface area contributed by atoms with Gasteiger partial charge in [-0.05, 0) is 25.8 Å². The summed E-state index contributed by atoms with van der Waals surface area (Å²) in [5, 5.41) is 14.2. The van der Waals surface area contributed by atoms with Crippen LogP contribution < -0.4 is 10.6 Å². The molecule has 5 heteroatoms. The van der Waals surface area contributed by atoms with Crippen LogP contribution >= 0.6 is 0 Å². The van der Waals surface area contributed by atoms with Crippen LogP contribution in [0, 0.1) is 0 Å². The van der Waals surface area contributed by atoms with Gasteiger partial charge in [-0.2, -0.15) is 0 Å². The molecule has 1 heterocycles. The van der Waals surface area contributed by atoms with Gasteiger partial charge in [0.25, 0.3) is 0 Å². The van der Waals surface area contributed by atoms with Crippen molar-refractivity contribution in [2.24, 2.45) is 0 Å². The second-order valence-corrected chi connectivity index (χ2v) is 3.55. The molecule has 0 spiro atoms. The van der Waals surface area contributed by atoms with E-state index in [4.69, 9.17) is 4.42 Å². The van der Waals surface area contributed by atoms with Gasteiger partial charge in [-0.15, -0.1) is 5.10 Å². The molecule has 2 N–H and O–H groups in total. The van der Waals surface area contributed by atoms with Crippen LogP contribution in [-0.4, -0.2) is 22.8 Å². The minimum atomic E-state index is 0.544. The Kier molecular flexibility index (Phi) is 2.98. The minimum absolute atomic E-state index is 0.544. The van der Waals surface area contributed by atoms with Gasteiger partial charge in [-0.1, -0.05) is 12.0 Å². The summed E-state index contributed by atoms with van der Waals surface area (Å²) in [5.74, 6) is 0.647. The van der Waals surface area contributed by atoms with E-state index in [1.807, 2.05) is 6.92 Å². The third kappa shape index (κ3) is 2.23. The standard InChI is InChI=1S/C9H16N4O/c1-2-10-6-8-12-13-9(14-8)11-7-4-3-5-7/h7,10H,2-6H2,1H3,(H,11,13). The number of anilines is 1. The normalized spacial score (nSPS) is 16.6. The maximum Gasteiger partial charge on any atom is 0.315 e. The van der Waals surface area contributed by atoms with Crippen molar-refractivity contribution in [2.75, 3.05) is 11.9 Å². The second-order valence-electron chi connectivity index (χ2n) is 3.55. The van der Waals surface area contributed by atoms with Crippen molar-refractivity contribution in [3.63, 3.8) is 0 Å². The van der Waals surface area contributed by atoms with Gasteiger partial charge in [-0.3, -0.25) is 0 Å². The first kappa shape index (κ1) is 9.45. The van der Waals surface area contributed by atoms with Crippen molar-refractivity contribution in [3.8, 4) is 0 Å². The van der Waals surface area contributed by atoms with Crippen LogP contribution in [0.4, 0.5) is 6.01 Å². The van der Waals surface area contributed by atoms with E-state index in [1.54, 1.807) is 0 Å². The first-order valence-corrected chi connectivity index (χ1v) is 5.18. The minimum Gasteiger partial charge on any atom is -0.407 e. The Bertz CT molecular complexity index is 282. The van der Waals surface area contributed by atoms with E-state index in [-0.39, 0.29) is 0 Å². The molecule has 0 amide bonds. The molecule has 2 rings (SSSR count). The fourth-order valence-electron chi connectivity index (χ4n) is 1.34.